The lowest BCUT2D eigenvalue weighted by atomic mass is 9.95. The number of hydrogen-bond acceptors (Lipinski definition) is 6. The first-order valence-corrected chi connectivity index (χ1v) is 12.2. The molecule has 5 rings (SSSR count). The Labute approximate surface area is 220 Å². The SMILES string of the molecule is COc1ccc(C2/C(=C(\O)c3ccc(OCc4cccc(C)c4)cc3)C(=O)C(=O)N2Cc2ccco2)cc1. The third-order valence-electron chi connectivity index (χ3n) is 6.49. The molecule has 1 N–H and O–H groups in total. The van der Waals surface area contributed by atoms with Gasteiger partial charge in [-0.1, -0.05) is 42.0 Å². The standard InChI is InChI=1S/C31H27NO6/c1-20-5-3-6-21(17-20)19-38-25-14-10-23(11-15-25)29(33)27-28(22-8-12-24(36-2)13-9-22)32(31(35)30(27)34)18-26-7-4-16-37-26/h3-17,28,33H,18-19H2,1-2H3/b29-27+. The fourth-order valence-corrected chi connectivity index (χ4v) is 4.58. The number of carbonyl (C=O) groups excluding carboxylic acids is 2. The van der Waals surface area contributed by atoms with Crippen molar-refractivity contribution in [1.82, 2.24) is 4.90 Å². The van der Waals surface area contributed by atoms with Gasteiger partial charge in [0.1, 0.15) is 29.6 Å². The first-order chi connectivity index (χ1) is 18.4. The Morgan fingerprint density at radius 2 is 1.68 bits per heavy atom. The normalized spacial score (nSPS) is 16.6. The average molecular weight is 510 g/mol. The van der Waals surface area contributed by atoms with Crippen LogP contribution in [-0.2, 0) is 22.7 Å². The van der Waals surface area contributed by atoms with Crippen molar-refractivity contribution in [1.29, 1.82) is 0 Å². The van der Waals surface area contributed by atoms with E-state index in [1.54, 1.807) is 67.8 Å². The summed E-state index contributed by atoms with van der Waals surface area (Å²) in [6, 6.07) is 24.6. The largest absolute Gasteiger partial charge is 0.507 e. The molecule has 7 heteroatoms. The smallest absolute Gasteiger partial charge is 0.296 e. The van der Waals surface area contributed by atoms with Crippen LogP contribution in [0.4, 0.5) is 0 Å². The van der Waals surface area contributed by atoms with Crippen molar-refractivity contribution in [2.24, 2.45) is 0 Å². The van der Waals surface area contributed by atoms with Crippen molar-refractivity contribution in [3.8, 4) is 11.5 Å². The van der Waals surface area contributed by atoms with Crippen molar-refractivity contribution >= 4 is 17.4 Å². The highest BCUT2D eigenvalue weighted by atomic mass is 16.5. The number of aryl methyl sites for hydroxylation is 1. The van der Waals surface area contributed by atoms with Crippen LogP contribution in [0.2, 0.25) is 0 Å². The highest BCUT2D eigenvalue weighted by Gasteiger charge is 2.46. The summed E-state index contributed by atoms with van der Waals surface area (Å²) < 4.78 is 16.6. The molecule has 0 radical (unpaired) electrons. The maximum atomic E-state index is 13.2. The van der Waals surface area contributed by atoms with Crippen LogP contribution < -0.4 is 9.47 Å². The lowest BCUT2D eigenvalue weighted by molar-refractivity contribution is -0.140. The zero-order chi connectivity index (χ0) is 26.6. The van der Waals surface area contributed by atoms with E-state index in [0.29, 0.717) is 35.0 Å². The number of furan rings is 1. The van der Waals surface area contributed by atoms with Crippen molar-refractivity contribution in [3.63, 3.8) is 0 Å². The van der Waals surface area contributed by atoms with E-state index in [2.05, 4.69) is 6.07 Å². The van der Waals surface area contributed by atoms with Crippen LogP contribution in [0.15, 0.2) is 101 Å². The second-order valence-corrected chi connectivity index (χ2v) is 9.08. The van der Waals surface area contributed by atoms with Crippen molar-refractivity contribution < 1.29 is 28.6 Å². The predicted octanol–water partition coefficient (Wildman–Crippen LogP) is 5.80. The fraction of sp³-hybridized carbons (Fsp3) is 0.161. The minimum atomic E-state index is -0.803. The molecule has 7 nitrogen and oxygen atoms in total. The second kappa shape index (κ2) is 10.7. The molecular formula is C31H27NO6. The summed E-state index contributed by atoms with van der Waals surface area (Å²) in [5, 5.41) is 11.3. The number of rotatable bonds is 8. The zero-order valence-corrected chi connectivity index (χ0v) is 21.1. The summed E-state index contributed by atoms with van der Waals surface area (Å²) in [4.78, 5) is 27.8. The minimum Gasteiger partial charge on any atom is -0.507 e. The molecule has 1 atom stereocenters. The lowest BCUT2D eigenvalue weighted by Crippen LogP contribution is -2.29. The molecule has 0 spiro atoms. The molecule has 1 unspecified atom stereocenters. The van der Waals surface area contributed by atoms with E-state index in [1.807, 2.05) is 25.1 Å². The molecule has 1 amide bonds. The van der Waals surface area contributed by atoms with Gasteiger partial charge in [0.25, 0.3) is 11.7 Å². The molecule has 2 heterocycles. The Morgan fingerprint density at radius 1 is 0.947 bits per heavy atom. The molecule has 38 heavy (non-hydrogen) atoms. The van der Waals surface area contributed by atoms with Gasteiger partial charge in [-0.05, 0) is 66.6 Å². The van der Waals surface area contributed by atoms with Crippen LogP contribution in [-0.4, -0.2) is 28.8 Å². The third kappa shape index (κ3) is 5.04. The van der Waals surface area contributed by atoms with Gasteiger partial charge < -0.3 is 23.9 Å². The number of ether oxygens (including phenoxy) is 2. The number of aliphatic hydroxyl groups is 1. The maximum absolute atomic E-state index is 13.2. The van der Waals surface area contributed by atoms with Crippen LogP contribution >= 0.6 is 0 Å². The van der Waals surface area contributed by atoms with E-state index in [1.165, 1.54) is 11.2 Å². The van der Waals surface area contributed by atoms with Gasteiger partial charge in [-0.25, -0.2) is 0 Å². The van der Waals surface area contributed by atoms with Crippen molar-refractivity contribution in [2.75, 3.05) is 7.11 Å². The predicted molar refractivity (Wildman–Crippen MR) is 142 cm³/mol. The van der Waals surface area contributed by atoms with Crippen LogP contribution in [0.25, 0.3) is 5.76 Å². The molecule has 1 aromatic heterocycles. The van der Waals surface area contributed by atoms with Crippen LogP contribution in [0.5, 0.6) is 11.5 Å². The van der Waals surface area contributed by atoms with Crippen LogP contribution in [0.1, 0.15) is 34.1 Å². The van der Waals surface area contributed by atoms with Gasteiger partial charge in [0.15, 0.2) is 0 Å². The Balaban J connectivity index is 1.46. The monoisotopic (exact) mass is 509 g/mol. The van der Waals surface area contributed by atoms with E-state index >= 15 is 0 Å². The maximum Gasteiger partial charge on any atom is 0.296 e. The number of amides is 1. The van der Waals surface area contributed by atoms with E-state index < -0.39 is 17.7 Å². The summed E-state index contributed by atoms with van der Waals surface area (Å²) in [5.74, 6) is 0.0689. The Hall–Kier alpha value is -4.78. The number of likely N-dealkylation sites (tertiary alicyclic amines) is 1. The van der Waals surface area contributed by atoms with Gasteiger partial charge in [0.05, 0.1) is 31.5 Å². The number of ketones is 1. The fourth-order valence-electron chi connectivity index (χ4n) is 4.58. The molecule has 1 aliphatic rings. The molecule has 1 saturated heterocycles. The summed E-state index contributed by atoms with van der Waals surface area (Å²) in [5.41, 5.74) is 3.29. The van der Waals surface area contributed by atoms with Gasteiger partial charge in [0, 0.05) is 5.56 Å². The van der Waals surface area contributed by atoms with Gasteiger partial charge in [-0.2, -0.15) is 0 Å². The van der Waals surface area contributed by atoms with Crippen LogP contribution in [0.3, 0.4) is 0 Å². The van der Waals surface area contributed by atoms with Crippen molar-refractivity contribution in [2.45, 2.75) is 26.1 Å². The summed E-state index contributed by atoms with van der Waals surface area (Å²) in [7, 11) is 1.56. The minimum absolute atomic E-state index is 0.0140. The molecule has 0 aliphatic carbocycles. The van der Waals surface area contributed by atoms with E-state index in [4.69, 9.17) is 13.9 Å². The van der Waals surface area contributed by atoms with Crippen molar-refractivity contribution in [3.05, 3.63) is 125 Å². The van der Waals surface area contributed by atoms with Crippen LogP contribution in [0, 0.1) is 6.92 Å². The first kappa shape index (κ1) is 24.9. The molecule has 1 aliphatic heterocycles. The first-order valence-electron chi connectivity index (χ1n) is 12.2. The number of methoxy groups -OCH3 is 1. The third-order valence-corrected chi connectivity index (χ3v) is 6.49. The molecule has 0 saturated carbocycles. The Morgan fingerprint density at radius 3 is 2.34 bits per heavy atom. The lowest BCUT2D eigenvalue weighted by Gasteiger charge is -2.24. The van der Waals surface area contributed by atoms with E-state index in [-0.39, 0.29) is 17.9 Å². The average Bonchev–Trinajstić information content (AvgIpc) is 3.54. The second-order valence-electron chi connectivity index (χ2n) is 9.08. The van der Waals surface area contributed by atoms with Gasteiger partial charge in [-0.3, -0.25) is 9.59 Å². The highest BCUT2D eigenvalue weighted by molar-refractivity contribution is 6.46. The highest BCUT2D eigenvalue weighted by Crippen LogP contribution is 2.40. The number of benzene rings is 3. The molecule has 1 fully saturated rings. The van der Waals surface area contributed by atoms with Gasteiger partial charge >= 0.3 is 0 Å². The Kier molecular flexibility index (Phi) is 7.00. The van der Waals surface area contributed by atoms with E-state index in [9.17, 15) is 14.7 Å². The molecule has 4 aromatic rings. The number of hydrogen-bond donors (Lipinski definition) is 1. The molecule has 192 valence electrons. The summed E-state index contributed by atoms with van der Waals surface area (Å²) in [6.07, 6.45) is 1.51. The summed E-state index contributed by atoms with van der Waals surface area (Å²) in [6.45, 7) is 2.51. The topological polar surface area (TPSA) is 89.2 Å². The number of Topliss-reactive ketones (excluding diaryl/α,β-unsaturated/α-hetero) is 1. The van der Waals surface area contributed by atoms with Gasteiger partial charge in [-0.15, -0.1) is 0 Å². The molecule has 0 bridgehead atoms. The molecular weight excluding hydrogens is 482 g/mol. The Bertz CT molecular complexity index is 1470. The zero-order valence-electron chi connectivity index (χ0n) is 21.1. The number of aliphatic hydroxyl groups excluding tert-OH is 1. The number of nitrogens with zero attached hydrogens (tertiary/aromatic N) is 1. The number of carbonyl (C=O) groups is 2. The summed E-state index contributed by atoms with van der Waals surface area (Å²) >= 11 is 0. The van der Waals surface area contributed by atoms with Gasteiger partial charge in [0.2, 0.25) is 0 Å². The quantitative estimate of drug-likeness (QED) is 0.184. The molecule has 3 aromatic carbocycles. The van der Waals surface area contributed by atoms with E-state index in [0.717, 1.165) is 11.1 Å².